The van der Waals surface area contributed by atoms with Crippen molar-refractivity contribution in [1.29, 1.82) is 0 Å². The van der Waals surface area contributed by atoms with Crippen LogP contribution in [0.2, 0.25) is 0 Å². The zero-order chi connectivity index (χ0) is 6.53. The van der Waals surface area contributed by atoms with Gasteiger partial charge in [-0.1, -0.05) is 6.92 Å². The lowest BCUT2D eigenvalue weighted by Crippen LogP contribution is -2.20. The number of rotatable bonds is 3. The molecule has 0 atom stereocenters. The van der Waals surface area contributed by atoms with Crippen molar-refractivity contribution in [1.82, 2.24) is 5.32 Å². The van der Waals surface area contributed by atoms with E-state index in [-0.39, 0.29) is 0 Å². The summed E-state index contributed by atoms with van der Waals surface area (Å²) in [6.07, 6.45) is 4.57. The fraction of sp³-hybridized carbons (Fsp3) is 0.857. The van der Waals surface area contributed by atoms with Gasteiger partial charge >= 0.3 is 0 Å². The summed E-state index contributed by atoms with van der Waals surface area (Å²) >= 11 is 0. The Morgan fingerprint density at radius 2 is 2.56 bits per heavy atom. The van der Waals surface area contributed by atoms with Crippen molar-refractivity contribution in [3.05, 3.63) is 6.23 Å². The van der Waals surface area contributed by atoms with E-state index in [4.69, 9.17) is 4.74 Å². The topological polar surface area (TPSA) is 21.3 Å². The summed E-state index contributed by atoms with van der Waals surface area (Å²) in [7, 11) is 0. The van der Waals surface area contributed by atoms with Crippen LogP contribution in [0.15, 0.2) is 0 Å². The summed E-state index contributed by atoms with van der Waals surface area (Å²) in [6.45, 7) is 4.11. The second-order valence-electron chi connectivity index (χ2n) is 2.30. The largest absolute Gasteiger partial charge is 0.356 e. The van der Waals surface area contributed by atoms with Crippen molar-refractivity contribution in [2.45, 2.75) is 26.2 Å². The first-order valence-corrected chi connectivity index (χ1v) is 3.66. The van der Waals surface area contributed by atoms with E-state index < -0.39 is 0 Å². The minimum absolute atomic E-state index is 0.909. The highest BCUT2D eigenvalue weighted by atomic mass is 16.5. The smallest absolute Gasteiger partial charge is 0.162 e. The highest BCUT2D eigenvalue weighted by Gasteiger charge is 2.14. The zero-order valence-electron chi connectivity index (χ0n) is 5.94. The first kappa shape index (κ1) is 7.03. The van der Waals surface area contributed by atoms with Crippen LogP contribution < -0.4 is 5.32 Å². The number of ether oxygens (including phenoxy) is 1. The van der Waals surface area contributed by atoms with E-state index in [1.807, 2.05) is 0 Å². The van der Waals surface area contributed by atoms with Crippen LogP contribution in [0.5, 0.6) is 0 Å². The Kier molecular flexibility index (Phi) is 3.01. The summed E-state index contributed by atoms with van der Waals surface area (Å²) in [5.41, 5.74) is 0. The summed E-state index contributed by atoms with van der Waals surface area (Å²) in [5.74, 6) is 0. The molecular weight excluding hydrogens is 114 g/mol. The summed E-state index contributed by atoms with van der Waals surface area (Å²) in [5, 5.41) is 3.23. The maximum atomic E-state index is 5.26. The van der Waals surface area contributed by atoms with Gasteiger partial charge in [-0.3, -0.25) is 5.32 Å². The molecule has 1 rings (SSSR count). The van der Waals surface area contributed by atoms with Gasteiger partial charge in [0.15, 0.2) is 6.23 Å². The number of nitrogens with one attached hydrogen (secondary N) is 1. The van der Waals surface area contributed by atoms with Gasteiger partial charge in [-0.25, -0.2) is 0 Å². The Morgan fingerprint density at radius 3 is 3.11 bits per heavy atom. The van der Waals surface area contributed by atoms with Crippen molar-refractivity contribution in [2.24, 2.45) is 0 Å². The number of hydrogen-bond donors (Lipinski definition) is 1. The average Bonchev–Trinajstić information content (AvgIpc) is 2.34. The monoisotopic (exact) mass is 128 g/mol. The summed E-state index contributed by atoms with van der Waals surface area (Å²) in [4.78, 5) is 0. The highest BCUT2D eigenvalue weighted by molar-refractivity contribution is 4.79. The van der Waals surface area contributed by atoms with E-state index in [2.05, 4.69) is 12.2 Å². The molecule has 0 amide bonds. The summed E-state index contributed by atoms with van der Waals surface area (Å²) in [6, 6.07) is 0. The maximum absolute atomic E-state index is 5.26. The quantitative estimate of drug-likeness (QED) is 0.618. The molecule has 1 heterocycles. The molecule has 1 fully saturated rings. The van der Waals surface area contributed by atoms with E-state index in [1.54, 1.807) is 0 Å². The molecule has 2 heteroatoms. The van der Waals surface area contributed by atoms with E-state index in [9.17, 15) is 0 Å². The first-order valence-electron chi connectivity index (χ1n) is 3.66. The van der Waals surface area contributed by atoms with Crippen LogP contribution in [0.3, 0.4) is 0 Å². The fourth-order valence-corrected chi connectivity index (χ4v) is 0.904. The van der Waals surface area contributed by atoms with Crippen LogP contribution in [0.1, 0.15) is 26.2 Å². The zero-order valence-corrected chi connectivity index (χ0v) is 5.94. The van der Waals surface area contributed by atoms with Crippen LogP contribution in [0, 0.1) is 6.23 Å². The molecule has 0 aromatic heterocycles. The second kappa shape index (κ2) is 3.85. The Hall–Kier alpha value is -0.0800. The molecule has 53 valence electrons. The van der Waals surface area contributed by atoms with E-state index >= 15 is 0 Å². The van der Waals surface area contributed by atoms with Gasteiger partial charge in [0.2, 0.25) is 0 Å². The van der Waals surface area contributed by atoms with Crippen LogP contribution in [-0.4, -0.2) is 13.2 Å². The van der Waals surface area contributed by atoms with Gasteiger partial charge in [0, 0.05) is 6.61 Å². The molecule has 0 aliphatic carbocycles. The predicted molar refractivity (Wildman–Crippen MR) is 36.7 cm³/mol. The molecule has 0 saturated carbocycles. The average molecular weight is 128 g/mol. The lowest BCUT2D eigenvalue weighted by Gasteiger charge is -2.07. The Labute approximate surface area is 56.6 Å². The third kappa shape index (κ3) is 2.33. The Balaban J connectivity index is 1.98. The van der Waals surface area contributed by atoms with E-state index in [0.29, 0.717) is 0 Å². The minimum atomic E-state index is 0.909. The van der Waals surface area contributed by atoms with Crippen molar-refractivity contribution in [3.63, 3.8) is 0 Å². The molecule has 0 bridgehead atoms. The van der Waals surface area contributed by atoms with Crippen molar-refractivity contribution < 1.29 is 4.74 Å². The van der Waals surface area contributed by atoms with Crippen LogP contribution in [0.25, 0.3) is 0 Å². The van der Waals surface area contributed by atoms with Crippen LogP contribution >= 0.6 is 0 Å². The van der Waals surface area contributed by atoms with Gasteiger partial charge in [-0.15, -0.1) is 0 Å². The van der Waals surface area contributed by atoms with E-state index in [0.717, 1.165) is 25.8 Å². The maximum Gasteiger partial charge on any atom is 0.162 e. The van der Waals surface area contributed by atoms with Crippen LogP contribution in [-0.2, 0) is 4.74 Å². The van der Waals surface area contributed by atoms with Gasteiger partial charge in [-0.2, -0.15) is 0 Å². The SMILES string of the molecule is CCCN[C]1CCCO1. The Bertz CT molecular complexity index is 69.3. The second-order valence-corrected chi connectivity index (χ2v) is 2.30. The first-order chi connectivity index (χ1) is 4.43. The van der Waals surface area contributed by atoms with Gasteiger partial charge in [-0.05, 0) is 25.8 Å². The van der Waals surface area contributed by atoms with Crippen molar-refractivity contribution in [3.8, 4) is 0 Å². The van der Waals surface area contributed by atoms with Crippen LogP contribution in [0.4, 0.5) is 0 Å². The van der Waals surface area contributed by atoms with Gasteiger partial charge in [0.1, 0.15) is 0 Å². The highest BCUT2D eigenvalue weighted by Crippen LogP contribution is 2.15. The van der Waals surface area contributed by atoms with Gasteiger partial charge in [0.25, 0.3) is 0 Å². The molecule has 1 saturated heterocycles. The molecule has 1 aliphatic rings. The third-order valence-corrected chi connectivity index (χ3v) is 1.40. The molecule has 0 unspecified atom stereocenters. The summed E-state index contributed by atoms with van der Waals surface area (Å²) < 4.78 is 5.26. The fourth-order valence-electron chi connectivity index (χ4n) is 0.904. The minimum Gasteiger partial charge on any atom is -0.356 e. The Morgan fingerprint density at radius 1 is 1.67 bits per heavy atom. The predicted octanol–water partition coefficient (Wildman–Crippen LogP) is 1.29. The van der Waals surface area contributed by atoms with Gasteiger partial charge in [0.05, 0.1) is 0 Å². The molecule has 2 nitrogen and oxygen atoms in total. The van der Waals surface area contributed by atoms with E-state index in [1.165, 1.54) is 12.8 Å². The number of hydrogen-bond acceptors (Lipinski definition) is 2. The van der Waals surface area contributed by atoms with Gasteiger partial charge < -0.3 is 4.74 Å². The van der Waals surface area contributed by atoms with Crippen molar-refractivity contribution in [2.75, 3.05) is 13.2 Å². The lowest BCUT2D eigenvalue weighted by molar-refractivity contribution is 0.173. The normalized spacial score (nSPS) is 21.0. The molecule has 1 aliphatic heterocycles. The lowest BCUT2D eigenvalue weighted by atomic mass is 10.3. The standard InChI is InChI=1S/C7H14NO/c1-2-5-8-7-4-3-6-9-7/h8H,2-6H2,1H3. The molecule has 9 heavy (non-hydrogen) atoms. The molecule has 1 radical (unpaired) electrons. The third-order valence-electron chi connectivity index (χ3n) is 1.40. The molecule has 1 N–H and O–H groups in total. The van der Waals surface area contributed by atoms with Crippen molar-refractivity contribution >= 4 is 0 Å². The molecule has 0 spiro atoms. The molecule has 0 aromatic rings. The molecule has 0 aromatic carbocycles. The molecular formula is C7H14NO.